The van der Waals surface area contributed by atoms with Gasteiger partial charge < -0.3 is 5.73 Å². The maximum absolute atomic E-state index is 12.6. The molecule has 2 rings (SSSR count). The van der Waals surface area contributed by atoms with Gasteiger partial charge in [0.25, 0.3) is 0 Å². The van der Waals surface area contributed by atoms with E-state index in [1.807, 2.05) is 6.92 Å². The average Bonchev–Trinajstić information content (AvgIpc) is 2.43. The van der Waals surface area contributed by atoms with E-state index in [4.69, 9.17) is 5.73 Å². The summed E-state index contributed by atoms with van der Waals surface area (Å²) in [7, 11) is -3.45. The summed E-state index contributed by atoms with van der Waals surface area (Å²) in [6, 6.07) is 5.19. The molecule has 0 aromatic heterocycles. The Kier molecular flexibility index (Phi) is 5.07. The molecule has 1 aliphatic rings. The second-order valence-electron chi connectivity index (χ2n) is 6.29. The number of aryl methyl sites for hydroxylation is 1. The average molecular weight is 310 g/mol. The minimum Gasteiger partial charge on any atom is -0.326 e. The summed E-state index contributed by atoms with van der Waals surface area (Å²) < 4.78 is 28.0. The zero-order chi connectivity index (χ0) is 15.6. The van der Waals surface area contributed by atoms with E-state index in [2.05, 4.69) is 18.6 Å². The van der Waals surface area contributed by atoms with Crippen LogP contribution in [-0.2, 0) is 16.6 Å². The fraction of sp³-hybridized carbons (Fsp3) is 0.625. The molecule has 0 bridgehead atoms. The van der Waals surface area contributed by atoms with Crippen LogP contribution in [0.4, 0.5) is 0 Å². The molecule has 1 aliphatic carbocycles. The van der Waals surface area contributed by atoms with E-state index in [0.717, 1.165) is 24.0 Å². The first-order valence-corrected chi connectivity index (χ1v) is 9.15. The number of nitrogens with two attached hydrogens (primary N) is 1. The van der Waals surface area contributed by atoms with Gasteiger partial charge in [0.15, 0.2) is 0 Å². The molecule has 3 unspecified atom stereocenters. The van der Waals surface area contributed by atoms with Crippen LogP contribution in [0.2, 0.25) is 0 Å². The van der Waals surface area contributed by atoms with Crippen molar-refractivity contribution in [3.05, 3.63) is 29.3 Å². The summed E-state index contributed by atoms with van der Waals surface area (Å²) in [6.07, 6.45) is 3.19. The summed E-state index contributed by atoms with van der Waals surface area (Å²) in [6.45, 7) is 6.66. The molecule has 4 nitrogen and oxygen atoms in total. The van der Waals surface area contributed by atoms with Crippen LogP contribution in [0, 0.1) is 18.8 Å². The maximum atomic E-state index is 12.6. The summed E-state index contributed by atoms with van der Waals surface area (Å²) in [5.74, 6) is 0.936. The standard InChI is InChI=1S/C16H26N2O2S/c1-11-5-4-6-16(13(11)3)18-21(19,20)15-8-7-14(10-17)12(2)9-15/h7-9,11,13,16,18H,4-6,10,17H2,1-3H3. The number of hydrogen-bond donors (Lipinski definition) is 2. The van der Waals surface area contributed by atoms with Crippen molar-refractivity contribution < 1.29 is 8.42 Å². The third-order valence-corrected chi connectivity index (χ3v) is 6.35. The monoisotopic (exact) mass is 310 g/mol. The van der Waals surface area contributed by atoms with Gasteiger partial charge in [0, 0.05) is 12.6 Å². The molecule has 5 heteroatoms. The number of benzene rings is 1. The van der Waals surface area contributed by atoms with Crippen LogP contribution in [0.5, 0.6) is 0 Å². The van der Waals surface area contributed by atoms with Crippen molar-refractivity contribution >= 4 is 10.0 Å². The highest BCUT2D eigenvalue weighted by Crippen LogP contribution is 2.30. The largest absolute Gasteiger partial charge is 0.326 e. The Bertz CT molecular complexity index is 598. The van der Waals surface area contributed by atoms with Crippen molar-refractivity contribution in [2.75, 3.05) is 0 Å². The predicted octanol–water partition coefficient (Wildman–Crippen LogP) is 2.56. The maximum Gasteiger partial charge on any atom is 0.240 e. The lowest BCUT2D eigenvalue weighted by atomic mass is 9.78. The fourth-order valence-electron chi connectivity index (χ4n) is 3.08. The van der Waals surface area contributed by atoms with Gasteiger partial charge in [-0.1, -0.05) is 32.8 Å². The first kappa shape index (κ1) is 16.5. The molecule has 0 saturated heterocycles. The molecule has 0 aliphatic heterocycles. The number of nitrogens with one attached hydrogen (secondary N) is 1. The van der Waals surface area contributed by atoms with Crippen molar-refractivity contribution in [3.63, 3.8) is 0 Å². The van der Waals surface area contributed by atoms with Gasteiger partial charge >= 0.3 is 0 Å². The first-order chi connectivity index (χ1) is 9.85. The van der Waals surface area contributed by atoms with Crippen LogP contribution in [0.3, 0.4) is 0 Å². The molecule has 1 aromatic carbocycles. The summed E-state index contributed by atoms with van der Waals surface area (Å²) in [5.41, 5.74) is 7.53. The second kappa shape index (κ2) is 6.46. The number of rotatable bonds is 4. The summed E-state index contributed by atoms with van der Waals surface area (Å²) in [4.78, 5) is 0.336. The van der Waals surface area contributed by atoms with Crippen molar-refractivity contribution in [1.29, 1.82) is 0 Å². The molecule has 3 N–H and O–H groups in total. The highest BCUT2D eigenvalue weighted by molar-refractivity contribution is 7.89. The quantitative estimate of drug-likeness (QED) is 0.897. The summed E-state index contributed by atoms with van der Waals surface area (Å²) >= 11 is 0. The van der Waals surface area contributed by atoms with E-state index in [1.165, 1.54) is 6.42 Å². The van der Waals surface area contributed by atoms with Crippen LogP contribution in [0.15, 0.2) is 23.1 Å². The third-order valence-electron chi connectivity index (χ3n) is 4.86. The minimum atomic E-state index is -3.45. The molecular formula is C16H26N2O2S. The molecular weight excluding hydrogens is 284 g/mol. The van der Waals surface area contributed by atoms with Gasteiger partial charge in [-0.05, 0) is 48.4 Å². The molecule has 1 fully saturated rings. The zero-order valence-corrected chi connectivity index (χ0v) is 13.9. The topological polar surface area (TPSA) is 72.2 Å². The molecule has 0 radical (unpaired) electrons. The van der Waals surface area contributed by atoms with E-state index in [-0.39, 0.29) is 6.04 Å². The molecule has 21 heavy (non-hydrogen) atoms. The second-order valence-corrected chi connectivity index (χ2v) is 8.00. The van der Waals surface area contributed by atoms with E-state index in [9.17, 15) is 8.42 Å². The Labute approximate surface area is 128 Å². The Morgan fingerprint density at radius 1 is 1.29 bits per heavy atom. The number of sulfonamides is 1. The highest BCUT2D eigenvalue weighted by atomic mass is 32.2. The lowest BCUT2D eigenvalue weighted by Gasteiger charge is -2.34. The fourth-order valence-corrected chi connectivity index (χ4v) is 4.53. The SMILES string of the molecule is Cc1cc(S(=O)(=O)NC2CCCC(C)C2C)ccc1CN. The van der Waals surface area contributed by atoms with Crippen LogP contribution in [-0.4, -0.2) is 14.5 Å². The van der Waals surface area contributed by atoms with E-state index in [0.29, 0.717) is 23.3 Å². The normalized spacial score (nSPS) is 26.8. The van der Waals surface area contributed by atoms with Crippen LogP contribution >= 0.6 is 0 Å². The van der Waals surface area contributed by atoms with Gasteiger partial charge in [0.2, 0.25) is 10.0 Å². The Morgan fingerprint density at radius 2 is 2.00 bits per heavy atom. The first-order valence-electron chi connectivity index (χ1n) is 7.67. The lowest BCUT2D eigenvalue weighted by molar-refractivity contribution is 0.227. The van der Waals surface area contributed by atoms with Crippen LogP contribution in [0.1, 0.15) is 44.2 Å². The highest BCUT2D eigenvalue weighted by Gasteiger charge is 2.30. The molecule has 3 atom stereocenters. The molecule has 0 amide bonds. The van der Waals surface area contributed by atoms with E-state index in [1.54, 1.807) is 18.2 Å². The van der Waals surface area contributed by atoms with Gasteiger partial charge in [-0.25, -0.2) is 13.1 Å². The Balaban J connectivity index is 2.20. The summed E-state index contributed by atoms with van der Waals surface area (Å²) in [5, 5.41) is 0. The van der Waals surface area contributed by atoms with Crippen molar-refractivity contribution in [2.45, 2.75) is 57.5 Å². The van der Waals surface area contributed by atoms with Gasteiger partial charge in [0.1, 0.15) is 0 Å². The molecule has 0 spiro atoms. The minimum absolute atomic E-state index is 0.0354. The van der Waals surface area contributed by atoms with Crippen LogP contribution in [0.25, 0.3) is 0 Å². The van der Waals surface area contributed by atoms with E-state index >= 15 is 0 Å². The van der Waals surface area contributed by atoms with Gasteiger partial charge in [0.05, 0.1) is 4.90 Å². The van der Waals surface area contributed by atoms with Gasteiger partial charge in [-0.15, -0.1) is 0 Å². The predicted molar refractivity (Wildman–Crippen MR) is 85.4 cm³/mol. The Hall–Kier alpha value is -0.910. The molecule has 1 aromatic rings. The molecule has 1 saturated carbocycles. The van der Waals surface area contributed by atoms with E-state index < -0.39 is 10.0 Å². The lowest BCUT2D eigenvalue weighted by Crippen LogP contribution is -2.43. The molecule has 118 valence electrons. The van der Waals surface area contributed by atoms with Gasteiger partial charge in [-0.2, -0.15) is 0 Å². The zero-order valence-electron chi connectivity index (χ0n) is 13.1. The third kappa shape index (κ3) is 3.65. The van der Waals surface area contributed by atoms with Crippen molar-refractivity contribution in [3.8, 4) is 0 Å². The molecule has 0 heterocycles. The van der Waals surface area contributed by atoms with Crippen LogP contribution < -0.4 is 10.5 Å². The van der Waals surface area contributed by atoms with Crippen molar-refractivity contribution in [2.24, 2.45) is 17.6 Å². The van der Waals surface area contributed by atoms with Gasteiger partial charge in [-0.3, -0.25) is 0 Å². The smallest absolute Gasteiger partial charge is 0.240 e. The van der Waals surface area contributed by atoms with Crippen molar-refractivity contribution in [1.82, 2.24) is 4.72 Å². The Morgan fingerprint density at radius 3 is 2.62 bits per heavy atom. The number of hydrogen-bond acceptors (Lipinski definition) is 3.